The molecule has 0 saturated heterocycles. The highest BCUT2D eigenvalue weighted by Crippen LogP contribution is 2.31. The molecule has 1 aromatic carbocycles. The average molecular weight is 616 g/mol. The van der Waals surface area contributed by atoms with Crippen LogP contribution in [0, 0.1) is 22.0 Å². The molecule has 1 N–H and O–H groups in total. The number of rotatable bonds is 13. The monoisotopic (exact) mass is 615 g/mol. The third-order valence-corrected chi connectivity index (χ3v) is 7.66. The van der Waals surface area contributed by atoms with Gasteiger partial charge in [0, 0.05) is 30.5 Å². The summed E-state index contributed by atoms with van der Waals surface area (Å²) in [6.45, 7) is 12.0. The lowest BCUT2D eigenvalue weighted by Crippen LogP contribution is -2.50. The van der Waals surface area contributed by atoms with Crippen LogP contribution in [-0.2, 0) is 28.6 Å². The van der Waals surface area contributed by atoms with E-state index < -0.39 is 58.9 Å². The molecule has 0 aromatic heterocycles. The lowest BCUT2D eigenvalue weighted by Gasteiger charge is -2.33. The van der Waals surface area contributed by atoms with E-state index in [0.29, 0.717) is 18.4 Å². The second-order valence-corrected chi connectivity index (χ2v) is 11.7. The molecule has 2 aliphatic rings. The van der Waals surface area contributed by atoms with Crippen molar-refractivity contribution >= 4 is 35.3 Å². The zero-order valence-corrected chi connectivity index (χ0v) is 26.2. The van der Waals surface area contributed by atoms with Gasteiger partial charge in [-0.25, -0.2) is 9.59 Å². The Morgan fingerprint density at radius 1 is 1.02 bits per heavy atom. The summed E-state index contributed by atoms with van der Waals surface area (Å²) in [4.78, 5) is 76.2. The molecule has 44 heavy (non-hydrogen) atoms. The topological polar surface area (TPSA) is 171 Å². The smallest absolute Gasteiger partial charge is 0.336 e. The fraction of sp³-hybridized carbons (Fsp3) is 0.581. The van der Waals surface area contributed by atoms with Crippen LogP contribution in [0.3, 0.4) is 0 Å². The largest absolute Gasteiger partial charge is 0.423 e. The van der Waals surface area contributed by atoms with Crippen molar-refractivity contribution in [1.29, 1.82) is 0 Å². The van der Waals surface area contributed by atoms with E-state index in [1.165, 1.54) is 13.0 Å². The molecule has 3 amide bonds. The van der Waals surface area contributed by atoms with Crippen LogP contribution in [0.25, 0.3) is 0 Å². The fourth-order valence-electron chi connectivity index (χ4n) is 5.25. The van der Waals surface area contributed by atoms with Gasteiger partial charge in [0.05, 0.1) is 34.3 Å². The summed E-state index contributed by atoms with van der Waals surface area (Å²) in [6.07, 6.45) is 1.88. The van der Waals surface area contributed by atoms with Gasteiger partial charge in [0.15, 0.2) is 0 Å². The number of nitrogens with zero attached hydrogens (tertiary/aromatic N) is 2. The molecule has 13 heteroatoms. The van der Waals surface area contributed by atoms with Crippen molar-refractivity contribution in [2.45, 2.75) is 105 Å². The Balaban J connectivity index is 1.80. The molecule has 240 valence electrons. The molecule has 0 bridgehead atoms. The van der Waals surface area contributed by atoms with Crippen LogP contribution in [0.1, 0.15) is 94.9 Å². The van der Waals surface area contributed by atoms with Gasteiger partial charge in [0.2, 0.25) is 12.2 Å². The number of hydrogen-bond acceptors (Lipinski definition) is 10. The van der Waals surface area contributed by atoms with Crippen molar-refractivity contribution in [3.05, 3.63) is 51.1 Å². The summed E-state index contributed by atoms with van der Waals surface area (Å²) in [5.74, 6) is -4.62. The number of nitrogens with one attached hydrogen (secondary N) is 1. The van der Waals surface area contributed by atoms with E-state index in [9.17, 15) is 34.1 Å². The summed E-state index contributed by atoms with van der Waals surface area (Å²) in [5, 5.41) is 14.1. The van der Waals surface area contributed by atoms with E-state index in [2.05, 4.69) is 5.32 Å². The zero-order chi connectivity index (χ0) is 32.9. The van der Waals surface area contributed by atoms with Crippen molar-refractivity contribution in [3.8, 4) is 0 Å². The van der Waals surface area contributed by atoms with Crippen LogP contribution in [0.5, 0.6) is 0 Å². The van der Waals surface area contributed by atoms with Crippen LogP contribution >= 0.6 is 0 Å². The maximum Gasteiger partial charge on any atom is 0.336 e. The third kappa shape index (κ3) is 7.68. The van der Waals surface area contributed by atoms with Crippen LogP contribution in [-0.4, -0.2) is 70.1 Å². The lowest BCUT2D eigenvalue weighted by atomic mass is 9.92. The number of non-ortho nitro benzene ring substituents is 1. The first-order valence-corrected chi connectivity index (χ1v) is 14.9. The first-order chi connectivity index (χ1) is 20.7. The summed E-state index contributed by atoms with van der Waals surface area (Å²) in [5.41, 5.74) is -0.291. The highest BCUT2D eigenvalue weighted by molar-refractivity contribution is 6.23. The maximum absolute atomic E-state index is 13.5. The van der Waals surface area contributed by atoms with E-state index >= 15 is 0 Å². The highest BCUT2D eigenvalue weighted by Gasteiger charge is 2.46. The molecule has 1 aliphatic carbocycles. The molecule has 4 atom stereocenters. The Hall–Kier alpha value is -4.13. The SMILES string of the molecule is CCC(CC)O[C@@H]1C=C(C(=O)OC(OC(=O)[C@@H](C(C)C)N2C(=O)c3ccc([N+](=O)[O-])cc3C2=O)C(C)C)CC[C@H]1NC(C)=O. The molecule has 0 fully saturated rings. The second-order valence-electron chi connectivity index (χ2n) is 11.7. The van der Waals surface area contributed by atoms with Crippen LogP contribution in [0.15, 0.2) is 29.8 Å². The van der Waals surface area contributed by atoms with Gasteiger partial charge in [-0.15, -0.1) is 0 Å². The van der Waals surface area contributed by atoms with Gasteiger partial charge in [-0.05, 0) is 43.7 Å². The molecule has 0 spiro atoms. The first kappa shape index (κ1) is 34.4. The van der Waals surface area contributed by atoms with Gasteiger partial charge >= 0.3 is 11.9 Å². The Bertz CT molecular complexity index is 1330. The van der Waals surface area contributed by atoms with Gasteiger partial charge in [-0.2, -0.15) is 0 Å². The Labute approximate surface area is 256 Å². The zero-order valence-electron chi connectivity index (χ0n) is 26.2. The third-order valence-electron chi connectivity index (χ3n) is 7.66. The summed E-state index contributed by atoms with van der Waals surface area (Å²) >= 11 is 0. The predicted octanol–water partition coefficient (Wildman–Crippen LogP) is 4.08. The minimum Gasteiger partial charge on any atom is -0.423 e. The second kappa shape index (κ2) is 14.6. The number of hydrogen-bond donors (Lipinski definition) is 1. The quantitative estimate of drug-likeness (QED) is 0.112. The number of esters is 2. The molecule has 0 saturated carbocycles. The van der Waals surface area contributed by atoms with Crippen molar-refractivity contribution in [2.24, 2.45) is 11.8 Å². The van der Waals surface area contributed by atoms with Gasteiger partial charge in [-0.1, -0.05) is 41.5 Å². The lowest BCUT2D eigenvalue weighted by molar-refractivity contribution is -0.384. The number of nitro benzene ring substituents is 1. The molecule has 1 aliphatic heterocycles. The number of nitro groups is 1. The van der Waals surface area contributed by atoms with E-state index in [-0.39, 0.29) is 34.9 Å². The number of fused-ring (bicyclic) bond motifs is 1. The molecule has 1 unspecified atom stereocenters. The number of amides is 3. The summed E-state index contributed by atoms with van der Waals surface area (Å²) < 4.78 is 17.4. The predicted molar refractivity (Wildman–Crippen MR) is 157 cm³/mol. The van der Waals surface area contributed by atoms with E-state index in [1.807, 2.05) is 13.8 Å². The Morgan fingerprint density at radius 3 is 2.20 bits per heavy atom. The number of ether oxygens (including phenoxy) is 3. The van der Waals surface area contributed by atoms with E-state index in [1.54, 1.807) is 33.8 Å². The van der Waals surface area contributed by atoms with E-state index in [0.717, 1.165) is 29.9 Å². The van der Waals surface area contributed by atoms with E-state index in [4.69, 9.17) is 14.2 Å². The molecule has 13 nitrogen and oxygen atoms in total. The van der Waals surface area contributed by atoms with Crippen LogP contribution in [0.2, 0.25) is 0 Å². The van der Waals surface area contributed by atoms with Gasteiger partial charge in [0.1, 0.15) is 6.04 Å². The molecular weight excluding hydrogens is 574 g/mol. The maximum atomic E-state index is 13.5. The number of imide groups is 1. The van der Waals surface area contributed by atoms with Gasteiger partial charge < -0.3 is 19.5 Å². The molecular formula is C31H41N3O10. The number of carbonyl (C=O) groups is 5. The molecule has 1 aromatic rings. The van der Waals surface area contributed by atoms with Crippen molar-refractivity contribution < 1.29 is 43.1 Å². The fourth-order valence-corrected chi connectivity index (χ4v) is 5.25. The standard InChI is InChI=1S/C31H41N3O10/c1-8-21(9-2)42-25-14-19(10-13-24(25)32-18(7)35)29(38)43-31(17(5)6)44-30(39)26(16(3)4)33-27(36)22-12-11-20(34(40)41)15-23(22)28(33)37/h11-12,14-17,21,24-26,31H,8-10,13H2,1-7H3,(H,32,35)/t24-,25-,26-,31?/m1/s1. The average Bonchev–Trinajstić information content (AvgIpc) is 3.20. The van der Waals surface area contributed by atoms with Gasteiger partial charge in [0.25, 0.3) is 17.5 Å². The van der Waals surface area contributed by atoms with Crippen molar-refractivity contribution in [1.82, 2.24) is 10.2 Å². The highest BCUT2D eigenvalue weighted by atomic mass is 16.7. The first-order valence-electron chi connectivity index (χ1n) is 14.9. The minimum atomic E-state index is -1.38. The Kier molecular flexibility index (Phi) is 11.4. The molecule has 3 rings (SSSR count). The van der Waals surface area contributed by atoms with Gasteiger partial charge in [-0.3, -0.25) is 29.4 Å². The van der Waals surface area contributed by atoms with Crippen LogP contribution in [0.4, 0.5) is 5.69 Å². The molecule has 1 heterocycles. The Morgan fingerprint density at radius 2 is 1.66 bits per heavy atom. The van der Waals surface area contributed by atoms with Crippen LogP contribution < -0.4 is 5.32 Å². The molecule has 0 radical (unpaired) electrons. The normalized spacial score (nSPS) is 19.5. The number of benzene rings is 1. The summed E-state index contributed by atoms with van der Waals surface area (Å²) in [6, 6.07) is 1.60. The summed E-state index contributed by atoms with van der Waals surface area (Å²) in [7, 11) is 0. The number of carbonyl (C=O) groups excluding carboxylic acids is 5. The van der Waals surface area contributed by atoms with Crippen molar-refractivity contribution in [3.63, 3.8) is 0 Å². The minimum absolute atomic E-state index is 0.0575. The van der Waals surface area contributed by atoms with Crippen molar-refractivity contribution in [2.75, 3.05) is 0 Å².